The van der Waals surface area contributed by atoms with Gasteiger partial charge >= 0.3 is 0 Å². The number of hydrazone groups is 1. The molecule has 0 spiro atoms. The number of ether oxygens (including phenoxy) is 3. The van der Waals surface area contributed by atoms with Crippen molar-refractivity contribution in [3.8, 4) is 17.2 Å². The lowest BCUT2D eigenvalue weighted by molar-refractivity contribution is -0.123. The summed E-state index contributed by atoms with van der Waals surface area (Å²) < 4.78 is 17.6. The Morgan fingerprint density at radius 3 is 2.62 bits per heavy atom. The minimum atomic E-state index is -0.405. The molecule has 0 saturated carbocycles. The third-order valence-corrected chi connectivity index (χ3v) is 4.88. The standard InChI is InChI=1S/C17H13Br2ClN2O4/c1-9-2-11(18)17(12(19)3-9)24-7-16(23)22-21-6-10-4-14-15(5-13(10)20)26-8-25-14/h2-6H,7-8H2,1H3,(H,22,23)/b21-6+. The minimum Gasteiger partial charge on any atom is -0.481 e. The largest absolute Gasteiger partial charge is 0.481 e. The smallest absolute Gasteiger partial charge is 0.277 e. The number of nitrogens with one attached hydrogen (secondary N) is 1. The highest BCUT2D eigenvalue weighted by Crippen LogP contribution is 2.36. The molecular formula is C17H13Br2ClN2O4. The third kappa shape index (κ3) is 4.49. The molecule has 9 heteroatoms. The van der Waals surface area contributed by atoms with E-state index in [1.807, 2.05) is 19.1 Å². The van der Waals surface area contributed by atoms with Gasteiger partial charge in [-0.1, -0.05) is 11.6 Å². The van der Waals surface area contributed by atoms with Gasteiger partial charge in [0.15, 0.2) is 18.1 Å². The van der Waals surface area contributed by atoms with Crippen LogP contribution in [-0.2, 0) is 4.79 Å². The van der Waals surface area contributed by atoms with E-state index in [0.29, 0.717) is 27.8 Å². The molecule has 1 N–H and O–H groups in total. The van der Waals surface area contributed by atoms with Crippen LogP contribution in [0.5, 0.6) is 17.2 Å². The molecule has 3 rings (SSSR count). The summed E-state index contributed by atoms with van der Waals surface area (Å²) in [6, 6.07) is 7.13. The summed E-state index contributed by atoms with van der Waals surface area (Å²) in [6.45, 7) is 1.93. The minimum absolute atomic E-state index is 0.157. The van der Waals surface area contributed by atoms with Crippen molar-refractivity contribution in [2.24, 2.45) is 5.10 Å². The zero-order valence-corrected chi connectivity index (χ0v) is 17.4. The van der Waals surface area contributed by atoms with Crippen LogP contribution in [0.1, 0.15) is 11.1 Å². The number of amides is 1. The molecule has 1 aliphatic rings. The zero-order valence-electron chi connectivity index (χ0n) is 13.5. The number of halogens is 3. The third-order valence-electron chi connectivity index (χ3n) is 3.38. The van der Waals surface area contributed by atoms with Gasteiger partial charge in [-0.25, -0.2) is 5.43 Å². The Labute approximate surface area is 171 Å². The molecule has 0 bridgehead atoms. The van der Waals surface area contributed by atoms with Crippen molar-refractivity contribution in [1.82, 2.24) is 5.43 Å². The van der Waals surface area contributed by atoms with Gasteiger partial charge in [0.2, 0.25) is 6.79 Å². The molecule has 2 aromatic rings. The van der Waals surface area contributed by atoms with Crippen LogP contribution in [-0.4, -0.2) is 25.5 Å². The van der Waals surface area contributed by atoms with Crippen LogP contribution in [0.2, 0.25) is 5.02 Å². The molecule has 1 aliphatic heterocycles. The number of aryl methyl sites for hydroxylation is 1. The summed E-state index contributed by atoms with van der Waals surface area (Å²) in [5, 5.41) is 4.33. The van der Waals surface area contributed by atoms with Gasteiger partial charge in [0, 0.05) is 11.6 Å². The van der Waals surface area contributed by atoms with Crippen molar-refractivity contribution in [2.75, 3.05) is 13.4 Å². The van der Waals surface area contributed by atoms with Crippen LogP contribution < -0.4 is 19.6 Å². The van der Waals surface area contributed by atoms with Crippen molar-refractivity contribution < 1.29 is 19.0 Å². The van der Waals surface area contributed by atoms with Crippen LogP contribution >= 0.6 is 43.5 Å². The Bertz CT molecular complexity index is 866. The second-order valence-corrected chi connectivity index (χ2v) is 7.48. The van der Waals surface area contributed by atoms with Crippen LogP contribution in [0.4, 0.5) is 0 Å². The summed E-state index contributed by atoms with van der Waals surface area (Å²) in [6.07, 6.45) is 1.43. The van der Waals surface area contributed by atoms with E-state index in [-0.39, 0.29) is 13.4 Å². The number of benzene rings is 2. The zero-order chi connectivity index (χ0) is 18.7. The van der Waals surface area contributed by atoms with Crippen molar-refractivity contribution in [1.29, 1.82) is 0 Å². The number of hydrogen-bond donors (Lipinski definition) is 1. The quantitative estimate of drug-likeness (QED) is 0.483. The first-order valence-electron chi connectivity index (χ1n) is 7.43. The van der Waals surface area contributed by atoms with Gasteiger partial charge in [-0.3, -0.25) is 4.79 Å². The van der Waals surface area contributed by atoms with E-state index in [9.17, 15) is 4.79 Å². The molecule has 2 aromatic carbocycles. The first-order chi connectivity index (χ1) is 12.4. The molecule has 136 valence electrons. The van der Waals surface area contributed by atoms with Crippen LogP contribution in [0.15, 0.2) is 38.3 Å². The second kappa shape index (κ2) is 8.28. The lowest BCUT2D eigenvalue weighted by Crippen LogP contribution is -2.24. The highest BCUT2D eigenvalue weighted by Gasteiger charge is 2.16. The highest BCUT2D eigenvalue weighted by molar-refractivity contribution is 9.11. The Morgan fingerprint density at radius 2 is 1.92 bits per heavy atom. The molecule has 0 unspecified atom stereocenters. The predicted molar refractivity (Wildman–Crippen MR) is 105 cm³/mol. The van der Waals surface area contributed by atoms with Gasteiger partial charge in [0.25, 0.3) is 5.91 Å². The van der Waals surface area contributed by atoms with E-state index in [1.54, 1.807) is 12.1 Å². The number of carbonyl (C=O) groups is 1. The molecule has 0 saturated heterocycles. The summed E-state index contributed by atoms with van der Waals surface area (Å²) in [4.78, 5) is 11.9. The molecule has 0 aliphatic carbocycles. The number of carbonyl (C=O) groups excluding carboxylic acids is 1. The Kier molecular flexibility index (Phi) is 6.05. The maximum Gasteiger partial charge on any atom is 0.277 e. The van der Waals surface area contributed by atoms with Gasteiger partial charge in [0.1, 0.15) is 5.75 Å². The van der Waals surface area contributed by atoms with E-state index in [4.69, 9.17) is 25.8 Å². The Morgan fingerprint density at radius 1 is 1.27 bits per heavy atom. The second-order valence-electron chi connectivity index (χ2n) is 5.37. The SMILES string of the molecule is Cc1cc(Br)c(OCC(=O)N/N=C/c2cc3c(cc2Cl)OCO3)c(Br)c1. The average Bonchev–Trinajstić information content (AvgIpc) is 3.01. The maximum absolute atomic E-state index is 11.9. The lowest BCUT2D eigenvalue weighted by Gasteiger charge is -2.10. The average molecular weight is 505 g/mol. The molecule has 1 amide bonds. The molecule has 0 atom stereocenters. The predicted octanol–water partition coefficient (Wildman–Crippen LogP) is 4.43. The van der Waals surface area contributed by atoms with Crippen molar-refractivity contribution in [2.45, 2.75) is 6.92 Å². The number of rotatable bonds is 5. The summed E-state index contributed by atoms with van der Waals surface area (Å²) >= 11 is 13.0. The van der Waals surface area contributed by atoms with E-state index in [1.165, 1.54) is 6.21 Å². The normalized spacial score (nSPS) is 12.5. The summed E-state index contributed by atoms with van der Waals surface area (Å²) in [7, 11) is 0. The first-order valence-corrected chi connectivity index (χ1v) is 9.40. The summed E-state index contributed by atoms with van der Waals surface area (Å²) in [5.41, 5.74) is 4.05. The van der Waals surface area contributed by atoms with E-state index >= 15 is 0 Å². The fourth-order valence-corrected chi connectivity index (χ4v) is 4.05. The van der Waals surface area contributed by atoms with Crippen molar-refractivity contribution in [3.05, 3.63) is 49.4 Å². The van der Waals surface area contributed by atoms with Gasteiger partial charge in [0.05, 0.1) is 20.2 Å². The highest BCUT2D eigenvalue weighted by atomic mass is 79.9. The molecule has 0 fully saturated rings. The van der Waals surface area contributed by atoms with Crippen molar-refractivity contribution in [3.63, 3.8) is 0 Å². The van der Waals surface area contributed by atoms with E-state index in [2.05, 4.69) is 42.4 Å². The van der Waals surface area contributed by atoms with Crippen LogP contribution in [0.3, 0.4) is 0 Å². The topological polar surface area (TPSA) is 69.2 Å². The lowest BCUT2D eigenvalue weighted by atomic mass is 10.2. The van der Waals surface area contributed by atoms with Crippen molar-refractivity contribution >= 4 is 55.6 Å². The number of hydrogen-bond acceptors (Lipinski definition) is 5. The number of nitrogens with zero attached hydrogens (tertiary/aromatic N) is 1. The molecule has 26 heavy (non-hydrogen) atoms. The fourth-order valence-electron chi connectivity index (χ4n) is 2.20. The maximum atomic E-state index is 11.9. The summed E-state index contributed by atoms with van der Waals surface area (Å²) in [5.74, 6) is 1.31. The first kappa shape index (κ1) is 19.0. The van der Waals surface area contributed by atoms with E-state index < -0.39 is 5.91 Å². The van der Waals surface area contributed by atoms with Gasteiger partial charge in [-0.15, -0.1) is 0 Å². The monoisotopic (exact) mass is 502 g/mol. The Hall–Kier alpha value is -1.77. The fraction of sp³-hybridized carbons (Fsp3) is 0.176. The molecular weight excluding hydrogens is 491 g/mol. The van der Waals surface area contributed by atoms with Gasteiger partial charge in [-0.05, 0) is 62.5 Å². The molecule has 1 heterocycles. The molecule has 6 nitrogen and oxygen atoms in total. The van der Waals surface area contributed by atoms with Crippen LogP contribution in [0.25, 0.3) is 0 Å². The molecule has 0 radical (unpaired) electrons. The Balaban J connectivity index is 1.57. The van der Waals surface area contributed by atoms with Gasteiger partial charge < -0.3 is 14.2 Å². The molecule has 0 aromatic heterocycles. The van der Waals surface area contributed by atoms with Crippen LogP contribution in [0, 0.1) is 6.92 Å². The number of fused-ring (bicyclic) bond motifs is 1. The van der Waals surface area contributed by atoms with E-state index in [0.717, 1.165) is 14.5 Å². The van der Waals surface area contributed by atoms with Gasteiger partial charge in [-0.2, -0.15) is 5.10 Å².